The quantitative estimate of drug-likeness (QED) is 0.378. The monoisotopic (exact) mass is 447 g/mol. The average molecular weight is 448 g/mol. The van der Waals surface area contributed by atoms with Gasteiger partial charge in [0.15, 0.2) is 0 Å². The number of nitrogens with zero attached hydrogens (tertiary/aromatic N) is 1. The molecule has 0 aliphatic carbocycles. The lowest BCUT2D eigenvalue weighted by Gasteiger charge is -2.47. The van der Waals surface area contributed by atoms with E-state index in [2.05, 4.69) is 13.8 Å². The van der Waals surface area contributed by atoms with E-state index in [9.17, 15) is 13.9 Å². The Hall–Kier alpha value is -3.01. The third-order valence-electron chi connectivity index (χ3n) is 6.98. The summed E-state index contributed by atoms with van der Waals surface area (Å²) in [6.45, 7) is 4.79. The maximum Gasteiger partial charge on any atom is 0.123 e. The van der Waals surface area contributed by atoms with Crippen LogP contribution >= 0.6 is 0 Å². The molecule has 3 aromatic rings. The first-order valence-corrected chi connectivity index (χ1v) is 11.8. The zero-order chi connectivity index (χ0) is 23.4. The van der Waals surface area contributed by atoms with Crippen LogP contribution in [0.2, 0.25) is 0 Å². The Morgan fingerprint density at radius 3 is 1.82 bits per heavy atom. The minimum atomic E-state index is -0.652. The van der Waals surface area contributed by atoms with Gasteiger partial charge in [0.2, 0.25) is 0 Å². The molecule has 0 amide bonds. The molecule has 2 nitrogen and oxygen atoms in total. The molecule has 1 aliphatic heterocycles. The van der Waals surface area contributed by atoms with Gasteiger partial charge >= 0.3 is 0 Å². The number of rotatable bonds is 8. The first kappa shape index (κ1) is 23.2. The van der Waals surface area contributed by atoms with Gasteiger partial charge in [0.1, 0.15) is 17.4 Å². The summed E-state index contributed by atoms with van der Waals surface area (Å²) in [5, 5.41) is 11.2. The van der Waals surface area contributed by atoms with Crippen molar-refractivity contribution in [3.05, 3.63) is 101 Å². The maximum atomic E-state index is 13.9. The highest BCUT2D eigenvalue weighted by molar-refractivity contribution is 5.82. The molecule has 2 unspecified atom stereocenters. The third kappa shape index (κ3) is 4.31. The van der Waals surface area contributed by atoms with Crippen LogP contribution < -0.4 is 0 Å². The van der Waals surface area contributed by atoms with Gasteiger partial charge in [-0.15, -0.1) is 0 Å². The van der Waals surface area contributed by atoms with Gasteiger partial charge in [0.25, 0.3) is 0 Å². The number of aliphatic imine (C=N–C) groups is 1. The summed E-state index contributed by atoms with van der Waals surface area (Å²) in [5.41, 5.74) is 3.28. The molecule has 0 bridgehead atoms. The second-order valence-electron chi connectivity index (χ2n) is 9.00. The minimum Gasteiger partial charge on any atom is -0.508 e. The lowest BCUT2D eigenvalue weighted by Crippen LogP contribution is -2.44. The van der Waals surface area contributed by atoms with E-state index in [0.29, 0.717) is 6.54 Å². The molecule has 4 heteroatoms. The second-order valence-corrected chi connectivity index (χ2v) is 9.00. The van der Waals surface area contributed by atoms with Crippen molar-refractivity contribution >= 4 is 6.21 Å². The molecule has 0 saturated heterocycles. The Balaban J connectivity index is 2.04. The van der Waals surface area contributed by atoms with Crippen molar-refractivity contribution in [2.45, 2.75) is 63.3 Å². The van der Waals surface area contributed by atoms with E-state index >= 15 is 0 Å². The number of fused-ring (bicyclic) bond motifs is 1. The highest BCUT2D eigenvalue weighted by Gasteiger charge is 2.49. The number of benzene rings is 3. The van der Waals surface area contributed by atoms with Crippen LogP contribution in [0.4, 0.5) is 8.78 Å². The van der Waals surface area contributed by atoms with Gasteiger partial charge in [-0.2, -0.15) is 0 Å². The summed E-state index contributed by atoms with van der Waals surface area (Å²) in [6, 6.07) is 19.1. The predicted octanol–water partition coefficient (Wildman–Crippen LogP) is 7.66. The molecule has 33 heavy (non-hydrogen) atoms. The van der Waals surface area contributed by atoms with Crippen LogP contribution in [0, 0.1) is 11.6 Å². The van der Waals surface area contributed by atoms with Crippen molar-refractivity contribution in [3.63, 3.8) is 0 Å². The van der Waals surface area contributed by atoms with Gasteiger partial charge < -0.3 is 5.11 Å². The van der Waals surface area contributed by atoms with Crippen molar-refractivity contribution in [3.8, 4) is 5.75 Å². The summed E-state index contributed by atoms with van der Waals surface area (Å²) in [6.07, 6.45) is 5.55. The smallest absolute Gasteiger partial charge is 0.123 e. The van der Waals surface area contributed by atoms with Crippen molar-refractivity contribution in [1.29, 1.82) is 0 Å². The van der Waals surface area contributed by atoms with Crippen LogP contribution in [0.1, 0.15) is 73.6 Å². The zero-order valence-corrected chi connectivity index (χ0v) is 19.3. The van der Waals surface area contributed by atoms with Gasteiger partial charge in [0.05, 0.1) is 6.54 Å². The number of hydrogen-bond acceptors (Lipinski definition) is 2. The van der Waals surface area contributed by atoms with E-state index in [-0.39, 0.29) is 29.2 Å². The van der Waals surface area contributed by atoms with E-state index in [4.69, 9.17) is 4.99 Å². The minimum absolute atomic E-state index is 0.0409. The summed E-state index contributed by atoms with van der Waals surface area (Å²) in [4.78, 5) is 4.82. The molecular formula is C29H31F2NO. The molecule has 1 heterocycles. The molecule has 0 fully saturated rings. The summed E-state index contributed by atoms with van der Waals surface area (Å²) < 4.78 is 27.7. The Labute approximate surface area is 195 Å². The maximum absolute atomic E-state index is 13.9. The molecule has 0 aromatic heterocycles. The summed E-state index contributed by atoms with van der Waals surface area (Å²) >= 11 is 0. The Morgan fingerprint density at radius 2 is 1.33 bits per heavy atom. The molecule has 1 aliphatic rings. The highest BCUT2D eigenvalue weighted by atomic mass is 19.1. The van der Waals surface area contributed by atoms with E-state index in [1.54, 1.807) is 6.07 Å². The fraction of sp³-hybridized carbons (Fsp3) is 0.345. The predicted molar refractivity (Wildman–Crippen MR) is 130 cm³/mol. The topological polar surface area (TPSA) is 32.6 Å². The molecule has 0 saturated carbocycles. The molecule has 1 N–H and O–H groups in total. The number of halogens is 2. The molecule has 0 radical (unpaired) electrons. The second kappa shape index (κ2) is 9.86. The largest absolute Gasteiger partial charge is 0.508 e. The molecule has 3 aromatic carbocycles. The van der Waals surface area contributed by atoms with Gasteiger partial charge in [-0.25, -0.2) is 8.78 Å². The standard InChI is InChI=1S/C29H31F2NO/c1-3-6-25(20-10-14-23(30)15-11-20)29(19-32-18-22-8-5-9-27(33)28(22)29)26(7-4-2)21-12-16-24(31)17-13-21/h5,8-17,19,25-26,33H,3-4,6-7,18H2,1-2H3. The fourth-order valence-corrected chi connectivity index (χ4v) is 5.68. The Kier molecular flexibility index (Phi) is 6.92. The fourth-order valence-electron chi connectivity index (χ4n) is 5.68. The van der Waals surface area contributed by atoms with Crippen LogP contribution in [0.5, 0.6) is 5.75 Å². The summed E-state index contributed by atoms with van der Waals surface area (Å²) in [5.74, 6) is -0.369. The van der Waals surface area contributed by atoms with Gasteiger partial charge in [-0.3, -0.25) is 4.99 Å². The van der Waals surface area contributed by atoms with E-state index in [1.165, 1.54) is 24.3 Å². The van der Waals surface area contributed by atoms with Crippen molar-refractivity contribution in [2.75, 3.05) is 0 Å². The van der Waals surface area contributed by atoms with Gasteiger partial charge in [-0.1, -0.05) is 63.1 Å². The van der Waals surface area contributed by atoms with Gasteiger partial charge in [-0.05, 0) is 71.7 Å². The first-order valence-electron chi connectivity index (χ1n) is 11.8. The van der Waals surface area contributed by atoms with Crippen molar-refractivity contribution < 1.29 is 13.9 Å². The zero-order valence-electron chi connectivity index (χ0n) is 19.3. The van der Waals surface area contributed by atoms with Crippen LogP contribution in [0.3, 0.4) is 0 Å². The third-order valence-corrected chi connectivity index (χ3v) is 6.98. The summed E-state index contributed by atoms with van der Waals surface area (Å²) in [7, 11) is 0. The van der Waals surface area contributed by atoms with Gasteiger partial charge in [0, 0.05) is 17.2 Å². The van der Waals surface area contributed by atoms with Crippen LogP contribution in [0.15, 0.2) is 71.7 Å². The molecule has 172 valence electrons. The highest BCUT2D eigenvalue weighted by Crippen LogP contribution is 2.56. The van der Waals surface area contributed by atoms with Crippen LogP contribution in [-0.2, 0) is 12.0 Å². The Bertz CT molecular complexity index is 1050. The van der Waals surface area contributed by atoms with Crippen LogP contribution in [0.25, 0.3) is 0 Å². The molecule has 4 rings (SSSR count). The molecule has 2 atom stereocenters. The lowest BCUT2D eigenvalue weighted by atomic mass is 9.56. The number of hydrogen-bond donors (Lipinski definition) is 1. The van der Waals surface area contributed by atoms with E-state index in [1.807, 2.05) is 42.6 Å². The lowest BCUT2D eigenvalue weighted by molar-refractivity contribution is 0.326. The average Bonchev–Trinajstić information content (AvgIpc) is 2.82. The van der Waals surface area contributed by atoms with E-state index < -0.39 is 5.41 Å². The van der Waals surface area contributed by atoms with Crippen LogP contribution in [-0.4, -0.2) is 11.3 Å². The van der Waals surface area contributed by atoms with Crippen molar-refractivity contribution in [2.24, 2.45) is 4.99 Å². The first-order chi connectivity index (χ1) is 16.0. The van der Waals surface area contributed by atoms with Crippen molar-refractivity contribution in [1.82, 2.24) is 0 Å². The van der Waals surface area contributed by atoms with E-state index in [0.717, 1.165) is 47.9 Å². The normalized spacial score (nSPS) is 19.2. The number of aromatic hydroxyl groups is 1. The number of phenolic OH excluding ortho intramolecular Hbond substituents is 1. The molecular weight excluding hydrogens is 416 g/mol. The Morgan fingerprint density at radius 1 is 0.818 bits per heavy atom. The molecule has 0 spiro atoms. The SMILES string of the molecule is CCCC(c1ccc(F)cc1)C1(C(CCC)c2ccc(F)cc2)C=NCc2cccc(O)c21. The number of phenols is 1.